The number of aryl methyl sites for hydroxylation is 2. The predicted octanol–water partition coefficient (Wildman–Crippen LogP) is 2.54. The third kappa shape index (κ3) is 6.33. The molecule has 2 N–H and O–H groups in total. The van der Waals surface area contributed by atoms with Crippen molar-refractivity contribution in [3.8, 4) is 0 Å². The van der Waals surface area contributed by atoms with Crippen molar-refractivity contribution in [3.05, 3.63) is 27.8 Å². The first kappa shape index (κ1) is 19.2. The number of rotatable bonds is 7. The molecule has 0 amide bonds. The lowest BCUT2D eigenvalue weighted by atomic mass is 10.3. The highest BCUT2D eigenvalue weighted by molar-refractivity contribution is 7.09. The van der Waals surface area contributed by atoms with Crippen LogP contribution in [0.5, 0.6) is 0 Å². The van der Waals surface area contributed by atoms with Crippen LogP contribution < -0.4 is 10.6 Å². The minimum atomic E-state index is -4.42. The molecule has 0 aliphatic heterocycles. The Labute approximate surface area is 146 Å². The molecule has 2 rings (SSSR count). The van der Waals surface area contributed by atoms with Crippen molar-refractivity contribution in [2.24, 2.45) is 4.99 Å². The summed E-state index contributed by atoms with van der Waals surface area (Å²) in [6.07, 6.45) is -3.04. The SMILES string of the molecule is CCNC(=NCc1nc(C(F)(F)F)cs1)NCCCc1nc(C)no1. The molecular formula is C14H19F3N6OS. The highest BCUT2D eigenvalue weighted by atomic mass is 32.1. The average molecular weight is 376 g/mol. The van der Waals surface area contributed by atoms with E-state index in [-0.39, 0.29) is 6.54 Å². The second kappa shape index (κ2) is 8.79. The minimum absolute atomic E-state index is 0.0823. The van der Waals surface area contributed by atoms with E-state index in [0.29, 0.717) is 42.2 Å². The minimum Gasteiger partial charge on any atom is -0.357 e. The molecule has 0 fully saturated rings. The largest absolute Gasteiger partial charge is 0.434 e. The number of alkyl halides is 3. The second-order valence-electron chi connectivity index (χ2n) is 5.09. The van der Waals surface area contributed by atoms with E-state index in [1.807, 2.05) is 6.92 Å². The molecule has 0 radical (unpaired) electrons. The maximum absolute atomic E-state index is 12.5. The van der Waals surface area contributed by atoms with Crippen LogP contribution in [0.3, 0.4) is 0 Å². The van der Waals surface area contributed by atoms with Gasteiger partial charge in [0.1, 0.15) is 5.01 Å². The average Bonchev–Trinajstić information content (AvgIpc) is 3.17. The topological polar surface area (TPSA) is 88.2 Å². The highest BCUT2D eigenvalue weighted by Gasteiger charge is 2.33. The van der Waals surface area contributed by atoms with Gasteiger partial charge in [-0.3, -0.25) is 0 Å². The number of nitrogens with zero attached hydrogens (tertiary/aromatic N) is 4. The van der Waals surface area contributed by atoms with Gasteiger partial charge in [0.25, 0.3) is 0 Å². The molecule has 0 bridgehead atoms. The summed E-state index contributed by atoms with van der Waals surface area (Å²) in [6, 6.07) is 0. The Morgan fingerprint density at radius 2 is 2.12 bits per heavy atom. The first-order valence-electron chi connectivity index (χ1n) is 7.71. The molecule has 7 nitrogen and oxygen atoms in total. The van der Waals surface area contributed by atoms with E-state index in [4.69, 9.17) is 4.52 Å². The summed E-state index contributed by atoms with van der Waals surface area (Å²) in [4.78, 5) is 11.9. The fourth-order valence-electron chi connectivity index (χ4n) is 1.89. The first-order valence-corrected chi connectivity index (χ1v) is 8.59. The van der Waals surface area contributed by atoms with Crippen molar-refractivity contribution in [2.45, 2.75) is 39.4 Å². The number of aliphatic imine (C=N–C) groups is 1. The highest BCUT2D eigenvalue weighted by Crippen LogP contribution is 2.30. The molecule has 2 aromatic heterocycles. The lowest BCUT2D eigenvalue weighted by molar-refractivity contribution is -0.140. The van der Waals surface area contributed by atoms with Crippen LogP contribution in [-0.2, 0) is 19.1 Å². The quantitative estimate of drug-likeness (QED) is 0.439. The first-order chi connectivity index (χ1) is 11.9. The lowest BCUT2D eigenvalue weighted by Crippen LogP contribution is -2.37. The Kier molecular flexibility index (Phi) is 6.73. The smallest absolute Gasteiger partial charge is 0.357 e. The summed E-state index contributed by atoms with van der Waals surface area (Å²) in [5.41, 5.74) is -0.879. The monoisotopic (exact) mass is 376 g/mol. The third-order valence-electron chi connectivity index (χ3n) is 2.99. The van der Waals surface area contributed by atoms with Gasteiger partial charge in [-0.15, -0.1) is 11.3 Å². The van der Waals surface area contributed by atoms with Crippen molar-refractivity contribution in [2.75, 3.05) is 13.1 Å². The van der Waals surface area contributed by atoms with Gasteiger partial charge in [0.15, 0.2) is 17.5 Å². The van der Waals surface area contributed by atoms with Gasteiger partial charge in [-0.1, -0.05) is 5.16 Å². The van der Waals surface area contributed by atoms with E-state index < -0.39 is 11.9 Å². The molecule has 11 heteroatoms. The number of guanidine groups is 1. The van der Waals surface area contributed by atoms with Crippen LogP contribution in [0, 0.1) is 6.92 Å². The summed E-state index contributed by atoms with van der Waals surface area (Å²) >= 11 is 0.943. The van der Waals surface area contributed by atoms with Crippen molar-refractivity contribution in [1.29, 1.82) is 0 Å². The molecule has 25 heavy (non-hydrogen) atoms. The number of thiazole rings is 1. The second-order valence-corrected chi connectivity index (χ2v) is 6.03. The molecule has 0 saturated heterocycles. The van der Waals surface area contributed by atoms with Crippen LogP contribution in [0.25, 0.3) is 0 Å². The Hall–Kier alpha value is -2.17. The van der Waals surface area contributed by atoms with Crippen molar-refractivity contribution >= 4 is 17.3 Å². The summed E-state index contributed by atoms with van der Waals surface area (Å²) in [5.74, 6) is 1.69. The number of halogens is 3. The van der Waals surface area contributed by atoms with Gasteiger partial charge in [-0.05, 0) is 20.3 Å². The Balaban J connectivity index is 1.82. The van der Waals surface area contributed by atoms with Gasteiger partial charge in [-0.25, -0.2) is 9.98 Å². The molecule has 0 unspecified atom stereocenters. The molecule has 0 saturated carbocycles. The summed E-state index contributed by atoms with van der Waals surface area (Å²) < 4.78 is 42.6. The molecule has 138 valence electrons. The van der Waals surface area contributed by atoms with Crippen LogP contribution in [0.1, 0.15) is 35.8 Å². The van der Waals surface area contributed by atoms with E-state index in [1.165, 1.54) is 0 Å². The molecule has 2 heterocycles. The fraction of sp³-hybridized carbons (Fsp3) is 0.571. The molecule has 0 atom stereocenters. The summed E-state index contributed by atoms with van der Waals surface area (Å²) in [6.45, 7) is 4.99. The normalized spacial score (nSPS) is 12.4. The summed E-state index contributed by atoms with van der Waals surface area (Å²) in [5, 5.41) is 11.2. The standard InChI is InChI=1S/C14H19F3N6OS/c1-3-18-13(19-6-4-5-11-21-9(2)23-24-11)20-7-12-22-10(8-25-12)14(15,16)17/h8H,3-7H2,1-2H3,(H2,18,19,20). The van der Waals surface area contributed by atoms with Gasteiger partial charge >= 0.3 is 6.18 Å². The lowest BCUT2D eigenvalue weighted by Gasteiger charge is -2.10. The van der Waals surface area contributed by atoms with Gasteiger partial charge in [-0.2, -0.15) is 18.2 Å². The third-order valence-corrected chi connectivity index (χ3v) is 3.82. The molecule has 0 aliphatic carbocycles. The molecule has 0 aliphatic rings. The van der Waals surface area contributed by atoms with Gasteiger partial charge < -0.3 is 15.2 Å². The van der Waals surface area contributed by atoms with E-state index in [1.54, 1.807) is 6.92 Å². The molecule has 0 aromatic carbocycles. The van der Waals surface area contributed by atoms with E-state index in [0.717, 1.165) is 23.1 Å². The predicted molar refractivity (Wildman–Crippen MR) is 87.3 cm³/mol. The van der Waals surface area contributed by atoms with Gasteiger partial charge in [0, 0.05) is 24.9 Å². The fourth-order valence-corrected chi connectivity index (χ4v) is 2.61. The number of hydrogen-bond donors (Lipinski definition) is 2. The molecule has 0 spiro atoms. The van der Waals surface area contributed by atoms with Crippen molar-refractivity contribution in [3.63, 3.8) is 0 Å². The van der Waals surface area contributed by atoms with Gasteiger partial charge in [0.2, 0.25) is 5.89 Å². The zero-order valence-corrected chi connectivity index (χ0v) is 14.7. The van der Waals surface area contributed by atoms with Crippen molar-refractivity contribution < 1.29 is 17.7 Å². The summed E-state index contributed by atoms with van der Waals surface area (Å²) in [7, 11) is 0. The van der Waals surface area contributed by atoms with E-state index >= 15 is 0 Å². The zero-order chi connectivity index (χ0) is 18.3. The Morgan fingerprint density at radius 3 is 2.72 bits per heavy atom. The number of aromatic nitrogens is 3. The maximum Gasteiger partial charge on any atom is 0.434 e. The maximum atomic E-state index is 12.5. The van der Waals surface area contributed by atoms with E-state index in [2.05, 4.69) is 30.8 Å². The van der Waals surface area contributed by atoms with Crippen LogP contribution in [0.2, 0.25) is 0 Å². The zero-order valence-electron chi connectivity index (χ0n) is 13.9. The Morgan fingerprint density at radius 1 is 1.32 bits per heavy atom. The molecule has 2 aromatic rings. The van der Waals surface area contributed by atoms with Crippen LogP contribution in [-0.4, -0.2) is 34.2 Å². The van der Waals surface area contributed by atoms with Crippen LogP contribution in [0.4, 0.5) is 13.2 Å². The van der Waals surface area contributed by atoms with Crippen LogP contribution in [0.15, 0.2) is 14.9 Å². The molecular weight excluding hydrogens is 357 g/mol. The van der Waals surface area contributed by atoms with E-state index in [9.17, 15) is 13.2 Å². The Bertz CT molecular complexity index is 697. The van der Waals surface area contributed by atoms with Crippen molar-refractivity contribution in [1.82, 2.24) is 25.8 Å². The van der Waals surface area contributed by atoms with Crippen LogP contribution >= 0.6 is 11.3 Å². The number of nitrogens with one attached hydrogen (secondary N) is 2. The van der Waals surface area contributed by atoms with Gasteiger partial charge in [0.05, 0.1) is 6.54 Å². The number of hydrogen-bond acceptors (Lipinski definition) is 6.